The van der Waals surface area contributed by atoms with Crippen LogP contribution in [0.15, 0.2) is 34.9 Å². The standard InChI is InChI=1S/C11H12BrN3/c1-15-11(6-13)10(7-14-15)8-2-4-9(12)5-3-8/h2-5,7H,6,13H2,1H3. The Kier molecular flexibility index (Phi) is 2.88. The van der Waals surface area contributed by atoms with Crippen LogP contribution in [0.2, 0.25) is 0 Å². The van der Waals surface area contributed by atoms with E-state index in [9.17, 15) is 0 Å². The van der Waals surface area contributed by atoms with Crippen molar-refractivity contribution in [3.05, 3.63) is 40.6 Å². The molecule has 0 saturated heterocycles. The number of aromatic nitrogens is 2. The SMILES string of the molecule is Cn1ncc(-c2ccc(Br)cc2)c1CN. The number of benzene rings is 1. The summed E-state index contributed by atoms with van der Waals surface area (Å²) in [7, 11) is 1.91. The van der Waals surface area contributed by atoms with Crippen LogP contribution in [0.25, 0.3) is 11.1 Å². The Morgan fingerprint density at radius 3 is 2.60 bits per heavy atom. The number of aryl methyl sites for hydroxylation is 1. The Balaban J connectivity index is 2.49. The van der Waals surface area contributed by atoms with Gasteiger partial charge in [0.25, 0.3) is 0 Å². The van der Waals surface area contributed by atoms with Crippen LogP contribution in [0.4, 0.5) is 0 Å². The van der Waals surface area contributed by atoms with E-state index in [0.29, 0.717) is 6.54 Å². The van der Waals surface area contributed by atoms with Crippen LogP contribution in [0.1, 0.15) is 5.69 Å². The fourth-order valence-corrected chi connectivity index (χ4v) is 1.84. The molecule has 1 aromatic heterocycles. The highest BCUT2D eigenvalue weighted by molar-refractivity contribution is 9.10. The summed E-state index contributed by atoms with van der Waals surface area (Å²) in [5.41, 5.74) is 9.00. The number of hydrogen-bond acceptors (Lipinski definition) is 2. The second kappa shape index (κ2) is 4.16. The van der Waals surface area contributed by atoms with Crippen molar-refractivity contribution in [2.75, 3.05) is 0 Å². The van der Waals surface area contributed by atoms with Crippen LogP contribution in [0, 0.1) is 0 Å². The lowest BCUT2D eigenvalue weighted by molar-refractivity contribution is 0.713. The normalized spacial score (nSPS) is 10.6. The van der Waals surface area contributed by atoms with E-state index in [1.807, 2.05) is 30.1 Å². The third-order valence-corrected chi connectivity index (χ3v) is 2.94. The van der Waals surface area contributed by atoms with Crippen LogP contribution in [-0.2, 0) is 13.6 Å². The zero-order valence-corrected chi connectivity index (χ0v) is 10.0. The first-order valence-electron chi connectivity index (χ1n) is 4.69. The molecule has 0 aliphatic heterocycles. The molecule has 3 nitrogen and oxygen atoms in total. The van der Waals surface area contributed by atoms with Gasteiger partial charge in [0.05, 0.1) is 11.9 Å². The fourth-order valence-electron chi connectivity index (χ4n) is 1.58. The molecule has 2 rings (SSSR count). The van der Waals surface area contributed by atoms with Gasteiger partial charge in [0.2, 0.25) is 0 Å². The minimum Gasteiger partial charge on any atom is -0.325 e. The molecular weight excluding hydrogens is 254 g/mol. The summed E-state index contributed by atoms with van der Waals surface area (Å²) in [4.78, 5) is 0. The average molecular weight is 266 g/mol. The van der Waals surface area contributed by atoms with E-state index in [-0.39, 0.29) is 0 Å². The van der Waals surface area contributed by atoms with Crippen LogP contribution < -0.4 is 5.73 Å². The van der Waals surface area contributed by atoms with Crippen molar-refractivity contribution in [1.82, 2.24) is 9.78 Å². The van der Waals surface area contributed by atoms with E-state index >= 15 is 0 Å². The molecule has 4 heteroatoms. The Labute approximate surface area is 97.0 Å². The molecule has 0 bridgehead atoms. The molecule has 0 aliphatic rings. The minimum atomic E-state index is 0.502. The van der Waals surface area contributed by atoms with Crippen LogP contribution in [-0.4, -0.2) is 9.78 Å². The number of nitrogens with zero attached hydrogens (tertiary/aromatic N) is 2. The van der Waals surface area contributed by atoms with Crippen LogP contribution >= 0.6 is 15.9 Å². The predicted molar refractivity (Wildman–Crippen MR) is 64.2 cm³/mol. The molecule has 1 aromatic carbocycles. The van der Waals surface area contributed by atoms with Crippen molar-refractivity contribution in [2.24, 2.45) is 12.8 Å². The van der Waals surface area contributed by atoms with Gasteiger partial charge < -0.3 is 5.73 Å². The van der Waals surface area contributed by atoms with Gasteiger partial charge in [-0.2, -0.15) is 5.10 Å². The maximum atomic E-state index is 5.69. The highest BCUT2D eigenvalue weighted by atomic mass is 79.9. The zero-order chi connectivity index (χ0) is 10.8. The molecule has 15 heavy (non-hydrogen) atoms. The largest absolute Gasteiger partial charge is 0.325 e. The molecule has 0 radical (unpaired) electrons. The summed E-state index contributed by atoms with van der Waals surface area (Å²) in [6, 6.07) is 8.14. The third kappa shape index (κ3) is 1.96. The molecule has 0 atom stereocenters. The van der Waals surface area contributed by atoms with Gasteiger partial charge in [0, 0.05) is 23.6 Å². The first kappa shape index (κ1) is 10.4. The molecule has 0 unspecified atom stereocenters. The summed E-state index contributed by atoms with van der Waals surface area (Å²) in [6.07, 6.45) is 1.85. The highest BCUT2D eigenvalue weighted by Gasteiger charge is 2.08. The van der Waals surface area contributed by atoms with Gasteiger partial charge in [0.15, 0.2) is 0 Å². The molecule has 2 N–H and O–H groups in total. The van der Waals surface area contributed by atoms with Gasteiger partial charge >= 0.3 is 0 Å². The summed E-state index contributed by atoms with van der Waals surface area (Å²) in [5.74, 6) is 0. The number of hydrogen-bond donors (Lipinski definition) is 1. The molecule has 0 fully saturated rings. The molecule has 78 valence electrons. The molecule has 0 amide bonds. The van der Waals surface area contributed by atoms with Gasteiger partial charge in [-0.15, -0.1) is 0 Å². The molecular formula is C11H12BrN3. The lowest BCUT2D eigenvalue weighted by Gasteiger charge is -2.03. The highest BCUT2D eigenvalue weighted by Crippen LogP contribution is 2.24. The molecule has 2 aromatic rings. The van der Waals surface area contributed by atoms with Gasteiger partial charge in [0.1, 0.15) is 0 Å². The van der Waals surface area contributed by atoms with E-state index < -0.39 is 0 Å². The monoisotopic (exact) mass is 265 g/mol. The quantitative estimate of drug-likeness (QED) is 0.906. The first-order chi connectivity index (χ1) is 7.22. The Morgan fingerprint density at radius 1 is 1.33 bits per heavy atom. The summed E-state index contributed by atoms with van der Waals surface area (Å²) in [6.45, 7) is 0.502. The summed E-state index contributed by atoms with van der Waals surface area (Å²) >= 11 is 3.41. The number of rotatable bonds is 2. The van der Waals surface area contributed by atoms with Gasteiger partial charge in [-0.05, 0) is 17.7 Å². The first-order valence-corrected chi connectivity index (χ1v) is 5.48. The average Bonchev–Trinajstić information content (AvgIpc) is 2.61. The molecule has 0 spiro atoms. The van der Waals surface area contributed by atoms with Crippen molar-refractivity contribution in [3.8, 4) is 11.1 Å². The van der Waals surface area contributed by atoms with E-state index in [1.54, 1.807) is 0 Å². The molecule has 1 heterocycles. The minimum absolute atomic E-state index is 0.502. The lowest BCUT2D eigenvalue weighted by Crippen LogP contribution is -2.05. The molecule has 0 saturated carbocycles. The van der Waals surface area contributed by atoms with Crippen molar-refractivity contribution in [2.45, 2.75) is 6.54 Å². The van der Waals surface area contributed by atoms with Crippen LogP contribution in [0.5, 0.6) is 0 Å². The molecule has 0 aliphatic carbocycles. The van der Waals surface area contributed by atoms with Gasteiger partial charge in [-0.25, -0.2) is 0 Å². The van der Waals surface area contributed by atoms with Crippen molar-refractivity contribution >= 4 is 15.9 Å². The second-order valence-electron chi connectivity index (χ2n) is 3.34. The fraction of sp³-hybridized carbons (Fsp3) is 0.182. The van der Waals surface area contributed by atoms with E-state index in [4.69, 9.17) is 5.73 Å². The van der Waals surface area contributed by atoms with Crippen LogP contribution in [0.3, 0.4) is 0 Å². The Morgan fingerprint density at radius 2 is 2.00 bits per heavy atom. The zero-order valence-electron chi connectivity index (χ0n) is 8.44. The Hall–Kier alpha value is -1.13. The number of nitrogens with two attached hydrogens (primary N) is 1. The number of halogens is 1. The third-order valence-electron chi connectivity index (χ3n) is 2.41. The topological polar surface area (TPSA) is 43.8 Å². The van der Waals surface area contributed by atoms with Crippen molar-refractivity contribution in [3.63, 3.8) is 0 Å². The summed E-state index contributed by atoms with van der Waals surface area (Å²) in [5, 5.41) is 4.21. The van der Waals surface area contributed by atoms with E-state index in [1.165, 1.54) is 0 Å². The lowest BCUT2D eigenvalue weighted by atomic mass is 10.1. The van der Waals surface area contributed by atoms with Crippen molar-refractivity contribution in [1.29, 1.82) is 0 Å². The Bertz CT molecular complexity index is 459. The maximum Gasteiger partial charge on any atom is 0.0594 e. The maximum absolute atomic E-state index is 5.69. The second-order valence-corrected chi connectivity index (χ2v) is 4.26. The van der Waals surface area contributed by atoms with E-state index in [2.05, 4.69) is 33.2 Å². The predicted octanol–water partition coefficient (Wildman–Crippen LogP) is 2.31. The van der Waals surface area contributed by atoms with Gasteiger partial charge in [-0.1, -0.05) is 28.1 Å². The van der Waals surface area contributed by atoms with Crippen molar-refractivity contribution < 1.29 is 0 Å². The smallest absolute Gasteiger partial charge is 0.0594 e. The van der Waals surface area contributed by atoms with Gasteiger partial charge in [-0.3, -0.25) is 4.68 Å². The van der Waals surface area contributed by atoms with E-state index in [0.717, 1.165) is 21.3 Å². The summed E-state index contributed by atoms with van der Waals surface area (Å²) < 4.78 is 2.89.